The van der Waals surface area contributed by atoms with Gasteiger partial charge in [-0.05, 0) is 5.41 Å². The highest BCUT2D eigenvalue weighted by molar-refractivity contribution is 5.84. The quantitative estimate of drug-likeness (QED) is 0.726. The van der Waals surface area contributed by atoms with Crippen molar-refractivity contribution in [1.29, 1.82) is 0 Å². The van der Waals surface area contributed by atoms with Crippen LogP contribution < -0.4 is 5.32 Å². The van der Waals surface area contributed by atoms with Crippen LogP contribution in [-0.2, 0) is 14.3 Å². The van der Waals surface area contributed by atoms with Crippen LogP contribution in [0, 0.1) is 5.41 Å². The lowest BCUT2D eigenvalue weighted by Crippen LogP contribution is -2.49. The van der Waals surface area contributed by atoms with Crippen LogP contribution in [0.4, 0.5) is 13.2 Å². The second-order valence-corrected chi connectivity index (χ2v) is 5.12. The molecule has 2 N–H and O–H groups in total. The summed E-state index contributed by atoms with van der Waals surface area (Å²) in [5.74, 6) is -1.86. The van der Waals surface area contributed by atoms with Crippen LogP contribution in [0.5, 0.6) is 0 Å². The summed E-state index contributed by atoms with van der Waals surface area (Å²) in [5, 5.41) is 11.2. The number of alkyl halides is 3. The molecule has 0 aromatic rings. The van der Waals surface area contributed by atoms with Gasteiger partial charge in [-0.3, -0.25) is 4.79 Å². The predicted molar refractivity (Wildman–Crippen MR) is 60.5 cm³/mol. The number of amides is 1. The number of carboxylic acid groups (broad SMARTS) is 1. The summed E-state index contributed by atoms with van der Waals surface area (Å²) in [5.41, 5.74) is -0.700. The SMILES string of the molecule is CC(C)(C)[C@H](NC(=O)CCOCC(F)(F)F)C(=O)O. The summed E-state index contributed by atoms with van der Waals surface area (Å²) in [6.07, 6.45) is -4.76. The highest BCUT2D eigenvalue weighted by Crippen LogP contribution is 2.19. The molecule has 0 saturated heterocycles. The van der Waals surface area contributed by atoms with Crippen molar-refractivity contribution in [3.8, 4) is 0 Å². The molecule has 0 unspecified atom stereocenters. The molecule has 0 aliphatic rings. The summed E-state index contributed by atoms with van der Waals surface area (Å²) >= 11 is 0. The molecule has 0 aliphatic carbocycles. The van der Waals surface area contributed by atoms with Crippen molar-refractivity contribution in [2.75, 3.05) is 13.2 Å². The molecule has 1 atom stereocenters. The fourth-order valence-electron chi connectivity index (χ4n) is 1.23. The molecule has 0 bridgehead atoms. The summed E-state index contributed by atoms with van der Waals surface area (Å²) in [7, 11) is 0. The molecule has 5 nitrogen and oxygen atoms in total. The Labute approximate surface area is 109 Å². The van der Waals surface area contributed by atoms with Gasteiger partial charge in [0, 0.05) is 6.42 Å². The first-order chi connectivity index (χ1) is 8.43. The Bertz CT molecular complexity index is 323. The van der Waals surface area contributed by atoms with Crippen molar-refractivity contribution in [3.05, 3.63) is 0 Å². The van der Waals surface area contributed by atoms with E-state index < -0.39 is 42.7 Å². The zero-order valence-electron chi connectivity index (χ0n) is 11.0. The van der Waals surface area contributed by atoms with E-state index >= 15 is 0 Å². The molecule has 0 spiro atoms. The molecule has 0 aromatic carbocycles. The van der Waals surface area contributed by atoms with Gasteiger partial charge in [-0.25, -0.2) is 4.79 Å². The van der Waals surface area contributed by atoms with E-state index in [-0.39, 0.29) is 6.42 Å². The molecule has 8 heteroatoms. The third-order valence-corrected chi connectivity index (χ3v) is 2.16. The van der Waals surface area contributed by atoms with Gasteiger partial charge in [0.15, 0.2) is 0 Å². The number of carbonyl (C=O) groups is 2. The monoisotopic (exact) mass is 285 g/mol. The Morgan fingerprint density at radius 1 is 1.26 bits per heavy atom. The number of ether oxygens (including phenoxy) is 1. The van der Waals surface area contributed by atoms with Crippen LogP contribution in [0.15, 0.2) is 0 Å². The maximum absolute atomic E-state index is 11.7. The maximum atomic E-state index is 11.7. The second kappa shape index (κ2) is 6.74. The van der Waals surface area contributed by atoms with Gasteiger partial charge >= 0.3 is 12.1 Å². The fraction of sp³-hybridized carbons (Fsp3) is 0.818. The molecule has 0 rings (SSSR count). The minimum absolute atomic E-state index is 0.323. The molecule has 0 radical (unpaired) electrons. The van der Waals surface area contributed by atoms with Crippen LogP contribution in [0.2, 0.25) is 0 Å². The Hall–Kier alpha value is -1.31. The average Bonchev–Trinajstić information content (AvgIpc) is 2.17. The molecular weight excluding hydrogens is 267 g/mol. The van der Waals surface area contributed by atoms with Crippen molar-refractivity contribution in [3.63, 3.8) is 0 Å². The van der Waals surface area contributed by atoms with Gasteiger partial charge in [-0.2, -0.15) is 13.2 Å². The molecule has 0 aromatic heterocycles. The Morgan fingerprint density at radius 2 is 1.79 bits per heavy atom. The molecule has 0 saturated carbocycles. The highest BCUT2D eigenvalue weighted by atomic mass is 19.4. The number of nitrogens with one attached hydrogen (secondary N) is 1. The number of halogens is 3. The predicted octanol–water partition coefficient (Wildman–Crippen LogP) is 1.57. The van der Waals surface area contributed by atoms with Crippen molar-refractivity contribution in [2.24, 2.45) is 5.41 Å². The van der Waals surface area contributed by atoms with Gasteiger partial charge in [0.2, 0.25) is 5.91 Å². The summed E-state index contributed by atoms with van der Waals surface area (Å²) in [4.78, 5) is 22.3. The topological polar surface area (TPSA) is 75.6 Å². The molecule has 1 amide bonds. The number of aliphatic carboxylic acids is 1. The summed E-state index contributed by atoms with van der Waals surface area (Å²) in [6.45, 7) is 3.05. The molecule has 0 heterocycles. The van der Waals surface area contributed by atoms with Crippen LogP contribution in [-0.4, -0.2) is 42.4 Å². The van der Waals surface area contributed by atoms with E-state index in [1.54, 1.807) is 20.8 Å². The molecule has 19 heavy (non-hydrogen) atoms. The lowest BCUT2D eigenvalue weighted by atomic mass is 9.86. The van der Waals surface area contributed by atoms with E-state index in [1.165, 1.54) is 0 Å². The van der Waals surface area contributed by atoms with E-state index in [1.807, 2.05) is 0 Å². The van der Waals surface area contributed by atoms with E-state index in [0.717, 1.165) is 0 Å². The first-order valence-corrected chi connectivity index (χ1v) is 5.60. The Balaban J connectivity index is 4.13. The van der Waals surface area contributed by atoms with Gasteiger partial charge < -0.3 is 15.2 Å². The Kier molecular flexibility index (Phi) is 6.28. The van der Waals surface area contributed by atoms with Crippen LogP contribution >= 0.6 is 0 Å². The highest BCUT2D eigenvalue weighted by Gasteiger charge is 2.32. The largest absolute Gasteiger partial charge is 0.480 e. The first-order valence-electron chi connectivity index (χ1n) is 5.60. The van der Waals surface area contributed by atoms with Crippen molar-refractivity contribution in [1.82, 2.24) is 5.32 Å². The van der Waals surface area contributed by atoms with Gasteiger partial charge in [0.05, 0.1) is 6.61 Å². The van der Waals surface area contributed by atoms with E-state index in [4.69, 9.17) is 5.11 Å². The zero-order valence-corrected chi connectivity index (χ0v) is 11.0. The number of carbonyl (C=O) groups excluding carboxylic acids is 1. The van der Waals surface area contributed by atoms with Crippen LogP contribution in [0.25, 0.3) is 0 Å². The molecule has 112 valence electrons. The minimum Gasteiger partial charge on any atom is -0.480 e. The van der Waals surface area contributed by atoms with Crippen LogP contribution in [0.3, 0.4) is 0 Å². The van der Waals surface area contributed by atoms with Gasteiger partial charge in [0.1, 0.15) is 12.6 Å². The number of carboxylic acids is 1. The van der Waals surface area contributed by atoms with Crippen molar-refractivity contribution in [2.45, 2.75) is 39.4 Å². The van der Waals surface area contributed by atoms with E-state index in [9.17, 15) is 22.8 Å². The Morgan fingerprint density at radius 3 is 2.16 bits per heavy atom. The molecule has 0 aliphatic heterocycles. The summed E-state index contributed by atoms with van der Waals surface area (Å²) < 4.78 is 39.5. The standard InChI is InChI=1S/C11H18F3NO4/c1-10(2,3)8(9(17)18)15-7(16)4-5-19-6-11(12,13)14/h8H,4-6H2,1-3H3,(H,15,16)(H,17,18)/t8-/m1/s1. The third kappa shape index (κ3) is 8.41. The third-order valence-electron chi connectivity index (χ3n) is 2.16. The van der Waals surface area contributed by atoms with Gasteiger partial charge in [-0.15, -0.1) is 0 Å². The van der Waals surface area contributed by atoms with Crippen LogP contribution in [0.1, 0.15) is 27.2 Å². The lowest BCUT2D eigenvalue weighted by Gasteiger charge is -2.27. The van der Waals surface area contributed by atoms with Gasteiger partial charge in [-0.1, -0.05) is 20.8 Å². The molecule has 0 fully saturated rings. The number of hydrogen-bond donors (Lipinski definition) is 2. The van der Waals surface area contributed by atoms with Crippen molar-refractivity contribution >= 4 is 11.9 Å². The minimum atomic E-state index is -4.44. The molecular formula is C11H18F3NO4. The van der Waals surface area contributed by atoms with E-state index in [2.05, 4.69) is 10.1 Å². The zero-order chi connectivity index (χ0) is 15.3. The number of hydrogen-bond acceptors (Lipinski definition) is 3. The van der Waals surface area contributed by atoms with Crippen molar-refractivity contribution < 1.29 is 32.6 Å². The number of rotatable bonds is 6. The first kappa shape index (κ1) is 17.7. The maximum Gasteiger partial charge on any atom is 0.411 e. The summed E-state index contributed by atoms with van der Waals surface area (Å²) in [6, 6.07) is -1.11. The van der Waals surface area contributed by atoms with Gasteiger partial charge in [0.25, 0.3) is 0 Å². The average molecular weight is 285 g/mol. The second-order valence-electron chi connectivity index (χ2n) is 5.12. The van der Waals surface area contributed by atoms with E-state index in [0.29, 0.717) is 0 Å². The smallest absolute Gasteiger partial charge is 0.411 e. The lowest BCUT2D eigenvalue weighted by molar-refractivity contribution is -0.174. The normalized spacial score (nSPS) is 14.0. The fourth-order valence-corrected chi connectivity index (χ4v) is 1.23.